The molecule has 1 rings (SSSR count). The number of alkyl halides is 3. The van der Waals surface area contributed by atoms with E-state index in [9.17, 15) is 13.2 Å². The molecule has 0 aliphatic heterocycles. The third-order valence-corrected chi connectivity index (χ3v) is 3.07. The second kappa shape index (κ2) is 8.11. The second-order valence-corrected chi connectivity index (χ2v) is 4.65. The van der Waals surface area contributed by atoms with Crippen LogP contribution in [0.1, 0.15) is 50.6 Å². The molecule has 0 radical (unpaired) electrons. The van der Waals surface area contributed by atoms with Gasteiger partial charge in [-0.3, -0.25) is 11.3 Å². The Morgan fingerprint density at radius 3 is 2.50 bits per heavy atom. The SMILES string of the molecule is CCCCCCC(NN)c1ccccc1OC(F)(F)F. The first-order chi connectivity index (χ1) is 9.48. The van der Waals surface area contributed by atoms with Crippen molar-refractivity contribution in [2.45, 2.75) is 51.4 Å². The van der Waals surface area contributed by atoms with Gasteiger partial charge in [0.2, 0.25) is 0 Å². The van der Waals surface area contributed by atoms with Gasteiger partial charge in [0, 0.05) is 11.6 Å². The number of ether oxygens (including phenoxy) is 1. The van der Waals surface area contributed by atoms with Crippen LogP contribution < -0.4 is 16.0 Å². The summed E-state index contributed by atoms with van der Waals surface area (Å²) in [6.07, 6.45) is 0.138. The maximum absolute atomic E-state index is 12.4. The molecule has 0 amide bonds. The van der Waals surface area contributed by atoms with Crippen molar-refractivity contribution in [1.82, 2.24) is 5.43 Å². The Balaban J connectivity index is 2.75. The van der Waals surface area contributed by atoms with E-state index in [-0.39, 0.29) is 11.8 Å². The molecule has 1 atom stereocenters. The predicted molar refractivity (Wildman–Crippen MR) is 71.9 cm³/mol. The molecule has 1 aromatic carbocycles. The molecule has 0 heterocycles. The number of para-hydroxylation sites is 1. The van der Waals surface area contributed by atoms with Gasteiger partial charge in [0.1, 0.15) is 5.75 Å². The summed E-state index contributed by atoms with van der Waals surface area (Å²) >= 11 is 0. The first-order valence-corrected chi connectivity index (χ1v) is 6.78. The molecular formula is C14H21F3N2O. The highest BCUT2D eigenvalue weighted by Crippen LogP contribution is 2.32. The van der Waals surface area contributed by atoms with E-state index in [1.165, 1.54) is 12.1 Å². The molecule has 3 N–H and O–H groups in total. The fourth-order valence-corrected chi connectivity index (χ4v) is 2.09. The van der Waals surface area contributed by atoms with Crippen LogP contribution in [0.4, 0.5) is 13.2 Å². The summed E-state index contributed by atoms with van der Waals surface area (Å²) in [5.41, 5.74) is 3.01. The number of benzene rings is 1. The van der Waals surface area contributed by atoms with Gasteiger partial charge in [-0.25, -0.2) is 0 Å². The van der Waals surface area contributed by atoms with Crippen molar-refractivity contribution >= 4 is 0 Å². The van der Waals surface area contributed by atoms with Crippen LogP contribution in [0.15, 0.2) is 24.3 Å². The highest BCUT2D eigenvalue weighted by atomic mass is 19.4. The molecule has 3 nitrogen and oxygen atoms in total. The van der Waals surface area contributed by atoms with Gasteiger partial charge in [0.25, 0.3) is 0 Å². The van der Waals surface area contributed by atoms with Crippen LogP contribution >= 0.6 is 0 Å². The Morgan fingerprint density at radius 1 is 1.20 bits per heavy atom. The van der Waals surface area contributed by atoms with Crippen molar-refractivity contribution in [3.8, 4) is 5.75 Å². The van der Waals surface area contributed by atoms with Crippen molar-refractivity contribution in [2.75, 3.05) is 0 Å². The number of hydrogen-bond donors (Lipinski definition) is 2. The summed E-state index contributed by atoms with van der Waals surface area (Å²) in [5.74, 6) is 5.27. The molecule has 0 fully saturated rings. The molecule has 0 saturated carbocycles. The topological polar surface area (TPSA) is 47.3 Å². The van der Waals surface area contributed by atoms with Gasteiger partial charge in [0.05, 0.1) is 0 Å². The van der Waals surface area contributed by atoms with Crippen LogP contribution in [0.25, 0.3) is 0 Å². The van der Waals surface area contributed by atoms with Gasteiger partial charge in [-0.2, -0.15) is 0 Å². The highest BCUT2D eigenvalue weighted by Gasteiger charge is 2.32. The third-order valence-electron chi connectivity index (χ3n) is 3.07. The predicted octanol–water partition coefficient (Wildman–Crippen LogP) is 4.06. The van der Waals surface area contributed by atoms with E-state index in [2.05, 4.69) is 17.1 Å². The van der Waals surface area contributed by atoms with Crippen LogP contribution in [0.3, 0.4) is 0 Å². The zero-order valence-corrected chi connectivity index (χ0v) is 11.5. The average Bonchev–Trinajstić information content (AvgIpc) is 2.38. The third kappa shape index (κ3) is 5.79. The summed E-state index contributed by atoms with van der Waals surface area (Å²) in [4.78, 5) is 0. The Labute approximate surface area is 117 Å². The molecule has 1 aromatic rings. The van der Waals surface area contributed by atoms with Gasteiger partial charge in [-0.1, -0.05) is 50.8 Å². The quantitative estimate of drug-likeness (QED) is 0.431. The smallest absolute Gasteiger partial charge is 0.405 e. The first kappa shape index (κ1) is 16.8. The molecule has 1 unspecified atom stereocenters. The van der Waals surface area contributed by atoms with E-state index in [4.69, 9.17) is 5.84 Å². The van der Waals surface area contributed by atoms with Gasteiger partial charge in [-0.05, 0) is 12.5 Å². The minimum atomic E-state index is -4.70. The fraction of sp³-hybridized carbons (Fsp3) is 0.571. The standard InChI is InChI=1S/C14H21F3N2O/c1-2-3-4-5-9-12(19-18)11-8-6-7-10-13(11)20-14(15,16)17/h6-8,10,12,19H,2-5,9,18H2,1H3. The number of nitrogens with two attached hydrogens (primary N) is 1. The molecule has 6 heteroatoms. The molecule has 0 spiro atoms. The summed E-state index contributed by atoms with van der Waals surface area (Å²) < 4.78 is 41.1. The summed E-state index contributed by atoms with van der Waals surface area (Å²) in [7, 11) is 0. The Bertz CT molecular complexity index is 396. The maximum Gasteiger partial charge on any atom is 0.573 e. The van der Waals surface area contributed by atoms with E-state index in [1.807, 2.05) is 0 Å². The monoisotopic (exact) mass is 290 g/mol. The minimum absolute atomic E-state index is 0.196. The number of unbranched alkanes of at least 4 members (excludes halogenated alkanes) is 3. The van der Waals surface area contributed by atoms with Crippen LogP contribution in [-0.2, 0) is 0 Å². The van der Waals surface area contributed by atoms with Crippen LogP contribution in [-0.4, -0.2) is 6.36 Å². The number of nitrogens with one attached hydrogen (secondary N) is 1. The van der Waals surface area contributed by atoms with E-state index in [1.54, 1.807) is 12.1 Å². The van der Waals surface area contributed by atoms with Crippen molar-refractivity contribution in [1.29, 1.82) is 0 Å². The van der Waals surface area contributed by atoms with Crippen LogP contribution in [0.5, 0.6) is 5.75 Å². The molecule has 0 bridgehead atoms. The summed E-state index contributed by atoms with van der Waals surface area (Å²) in [6, 6.07) is 5.75. The lowest BCUT2D eigenvalue weighted by molar-refractivity contribution is -0.275. The van der Waals surface area contributed by atoms with Gasteiger partial charge in [-0.15, -0.1) is 13.2 Å². The zero-order chi connectivity index (χ0) is 15.0. The molecular weight excluding hydrogens is 269 g/mol. The van der Waals surface area contributed by atoms with Crippen molar-refractivity contribution < 1.29 is 17.9 Å². The molecule has 20 heavy (non-hydrogen) atoms. The van der Waals surface area contributed by atoms with Gasteiger partial charge >= 0.3 is 6.36 Å². The number of hydrazine groups is 1. The van der Waals surface area contributed by atoms with Gasteiger partial charge < -0.3 is 4.74 Å². The van der Waals surface area contributed by atoms with E-state index in [0.29, 0.717) is 12.0 Å². The summed E-state index contributed by atoms with van der Waals surface area (Å²) in [5, 5.41) is 0. The van der Waals surface area contributed by atoms with E-state index >= 15 is 0 Å². The number of halogens is 3. The number of rotatable bonds is 8. The van der Waals surface area contributed by atoms with Crippen LogP contribution in [0, 0.1) is 0 Å². The van der Waals surface area contributed by atoms with E-state index < -0.39 is 6.36 Å². The highest BCUT2D eigenvalue weighted by molar-refractivity contribution is 5.36. The second-order valence-electron chi connectivity index (χ2n) is 4.65. The summed E-state index contributed by atoms with van der Waals surface area (Å²) in [6.45, 7) is 2.10. The lowest BCUT2D eigenvalue weighted by Gasteiger charge is -2.20. The van der Waals surface area contributed by atoms with Crippen LogP contribution in [0.2, 0.25) is 0 Å². The zero-order valence-electron chi connectivity index (χ0n) is 11.5. The fourth-order valence-electron chi connectivity index (χ4n) is 2.09. The first-order valence-electron chi connectivity index (χ1n) is 6.78. The Morgan fingerprint density at radius 2 is 1.90 bits per heavy atom. The Hall–Kier alpha value is -1.27. The molecule has 0 saturated heterocycles. The molecule has 0 aliphatic rings. The normalized spacial score (nSPS) is 13.2. The van der Waals surface area contributed by atoms with Crippen molar-refractivity contribution in [3.05, 3.63) is 29.8 Å². The lowest BCUT2D eigenvalue weighted by atomic mass is 10.00. The molecule has 114 valence electrons. The molecule has 0 aromatic heterocycles. The number of hydrogen-bond acceptors (Lipinski definition) is 3. The Kier molecular flexibility index (Phi) is 6.81. The lowest BCUT2D eigenvalue weighted by Crippen LogP contribution is -2.29. The van der Waals surface area contributed by atoms with E-state index in [0.717, 1.165) is 25.7 Å². The average molecular weight is 290 g/mol. The molecule has 0 aliphatic carbocycles. The van der Waals surface area contributed by atoms with Gasteiger partial charge in [0.15, 0.2) is 0 Å². The van der Waals surface area contributed by atoms with Crippen molar-refractivity contribution in [3.63, 3.8) is 0 Å². The van der Waals surface area contributed by atoms with Crippen molar-refractivity contribution in [2.24, 2.45) is 5.84 Å². The minimum Gasteiger partial charge on any atom is -0.405 e. The largest absolute Gasteiger partial charge is 0.573 e. The maximum atomic E-state index is 12.4.